The SMILES string of the molecule is CC1CN(C)C(C)CC1C(N)C1CC(C)N(C)CC1C. The number of nitrogens with two attached hydrogens (primary N) is 1. The topological polar surface area (TPSA) is 32.5 Å². The molecule has 0 bridgehead atoms. The third kappa shape index (κ3) is 3.20. The molecule has 0 spiro atoms. The first kappa shape index (κ1) is 16.3. The van der Waals surface area contributed by atoms with Gasteiger partial charge in [-0.3, -0.25) is 0 Å². The summed E-state index contributed by atoms with van der Waals surface area (Å²) in [4.78, 5) is 4.99. The molecule has 0 radical (unpaired) electrons. The fourth-order valence-corrected chi connectivity index (χ4v) is 4.54. The molecular formula is C17H35N3. The molecule has 2 saturated heterocycles. The van der Waals surface area contributed by atoms with Crippen LogP contribution in [0, 0.1) is 23.7 Å². The van der Waals surface area contributed by atoms with Gasteiger partial charge in [0.05, 0.1) is 0 Å². The van der Waals surface area contributed by atoms with Crippen molar-refractivity contribution in [1.29, 1.82) is 0 Å². The van der Waals surface area contributed by atoms with Crippen molar-refractivity contribution in [3.63, 3.8) is 0 Å². The van der Waals surface area contributed by atoms with Crippen LogP contribution >= 0.6 is 0 Å². The first-order valence-electron chi connectivity index (χ1n) is 8.47. The number of hydrogen-bond donors (Lipinski definition) is 1. The Bertz CT molecular complexity index is 289. The Morgan fingerprint density at radius 1 is 0.800 bits per heavy atom. The van der Waals surface area contributed by atoms with Crippen LogP contribution in [0.15, 0.2) is 0 Å². The van der Waals surface area contributed by atoms with E-state index in [2.05, 4.69) is 51.6 Å². The fraction of sp³-hybridized carbons (Fsp3) is 1.00. The van der Waals surface area contributed by atoms with Crippen LogP contribution in [-0.2, 0) is 0 Å². The second kappa shape index (κ2) is 6.33. The van der Waals surface area contributed by atoms with Crippen molar-refractivity contribution < 1.29 is 0 Å². The molecule has 0 aromatic carbocycles. The number of likely N-dealkylation sites (tertiary alicyclic amines) is 2. The molecule has 6 unspecified atom stereocenters. The van der Waals surface area contributed by atoms with Gasteiger partial charge in [0.1, 0.15) is 0 Å². The van der Waals surface area contributed by atoms with Crippen molar-refractivity contribution in [3.8, 4) is 0 Å². The summed E-state index contributed by atoms with van der Waals surface area (Å²) < 4.78 is 0. The van der Waals surface area contributed by atoms with Gasteiger partial charge in [-0.1, -0.05) is 13.8 Å². The van der Waals surface area contributed by atoms with E-state index in [0.717, 1.165) is 11.8 Å². The van der Waals surface area contributed by atoms with Crippen LogP contribution < -0.4 is 5.73 Å². The lowest BCUT2D eigenvalue weighted by Crippen LogP contribution is -2.55. The lowest BCUT2D eigenvalue weighted by atomic mass is 9.69. The van der Waals surface area contributed by atoms with Crippen LogP contribution in [0.1, 0.15) is 40.5 Å². The molecular weight excluding hydrogens is 246 g/mol. The van der Waals surface area contributed by atoms with Gasteiger partial charge in [-0.05, 0) is 64.5 Å². The summed E-state index contributed by atoms with van der Waals surface area (Å²) in [5.41, 5.74) is 6.78. The molecule has 2 fully saturated rings. The van der Waals surface area contributed by atoms with E-state index in [0.29, 0.717) is 30.0 Å². The van der Waals surface area contributed by atoms with Gasteiger partial charge in [-0.2, -0.15) is 0 Å². The Hall–Kier alpha value is -0.120. The summed E-state index contributed by atoms with van der Waals surface area (Å²) in [5.74, 6) is 2.86. The molecule has 0 saturated carbocycles. The summed E-state index contributed by atoms with van der Waals surface area (Å²) in [7, 11) is 4.51. The molecule has 2 aliphatic rings. The quantitative estimate of drug-likeness (QED) is 0.843. The van der Waals surface area contributed by atoms with Gasteiger partial charge in [0.15, 0.2) is 0 Å². The molecule has 0 aromatic rings. The predicted molar refractivity (Wildman–Crippen MR) is 86.7 cm³/mol. The number of rotatable bonds is 2. The number of piperidine rings is 2. The van der Waals surface area contributed by atoms with Gasteiger partial charge >= 0.3 is 0 Å². The zero-order valence-electron chi connectivity index (χ0n) is 14.3. The third-order valence-corrected chi connectivity index (χ3v) is 6.33. The van der Waals surface area contributed by atoms with Crippen LogP contribution in [0.5, 0.6) is 0 Å². The average molecular weight is 281 g/mol. The Kier molecular flexibility index (Phi) is 5.14. The second-order valence-corrected chi connectivity index (χ2v) is 7.91. The second-order valence-electron chi connectivity index (χ2n) is 7.91. The third-order valence-electron chi connectivity index (χ3n) is 6.33. The Morgan fingerprint density at radius 3 is 1.50 bits per heavy atom. The molecule has 0 aromatic heterocycles. The van der Waals surface area contributed by atoms with Gasteiger partial charge in [0.25, 0.3) is 0 Å². The zero-order valence-corrected chi connectivity index (χ0v) is 14.3. The van der Waals surface area contributed by atoms with Crippen molar-refractivity contribution in [2.24, 2.45) is 29.4 Å². The number of hydrogen-bond acceptors (Lipinski definition) is 3. The average Bonchev–Trinajstić information content (AvgIpc) is 2.37. The van der Waals surface area contributed by atoms with E-state index in [1.54, 1.807) is 0 Å². The van der Waals surface area contributed by atoms with E-state index in [-0.39, 0.29) is 0 Å². The van der Waals surface area contributed by atoms with Crippen LogP contribution in [0.25, 0.3) is 0 Å². The van der Waals surface area contributed by atoms with E-state index >= 15 is 0 Å². The van der Waals surface area contributed by atoms with Gasteiger partial charge < -0.3 is 15.5 Å². The van der Waals surface area contributed by atoms with Crippen LogP contribution in [0.2, 0.25) is 0 Å². The van der Waals surface area contributed by atoms with Crippen molar-refractivity contribution in [3.05, 3.63) is 0 Å². The highest BCUT2D eigenvalue weighted by Gasteiger charge is 2.40. The summed E-state index contributed by atoms with van der Waals surface area (Å²) in [6.07, 6.45) is 2.54. The largest absolute Gasteiger partial charge is 0.327 e. The molecule has 2 aliphatic heterocycles. The zero-order chi connectivity index (χ0) is 15.0. The molecule has 20 heavy (non-hydrogen) atoms. The number of nitrogens with zero attached hydrogens (tertiary/aromatic N) is 2. The minimum atomic E-state index is 0.382. The predicted octanol–water partition coefficient (Wildman–Crippen LogP) is 2.27. The highest BCUT2D eigenvalue weighted by atomic mass is 15.1. The van der Waals surface area contributed by atoms with E-state index < -0.39 is 0 Å². The minimum Gasteiger partial charge on any atom is -0.327 e. The first-order valence-corrected chi connectivity index (χ1v) is 8.47. The normalized spacial score (nSPS) is 46.4. The maximum Gasteiger partial charge on any atom is 0.0103 e. The molecule has 2 N–H and O–H groups in total. The van der Waals surface area contributed by atoms with Crippen LogP contribution in [0.4, 0.5) is 0 Å². The molecule has 3 heteroatoms. The fourth-order valence-electron chi connectivity index (χ4n) is 4.54. The smallest absolute Gasteiger partial charge is 0.0103 e. The maximum absolute atomic E-state index is 6.78. The summed E-state index contributed by atoms with van der Waals surface area (Å²) in [5, 5.41) is 0. The lowest BCUT2D eigenvalue weighted by molar-refractivity contribution is 0.0306. The van der Waals surface area contributed by atoms with Gasteiger partial charge in [-0.25, -0.2) is 0 Å². The monoisotopic (exact) mass is 281 g/mol. The summed E-state index contributed by atoms with van der Waals surface area (Å²) in [6.45, 7) is 11.9. The first-order chi connectivity index (χ1) is 9.31. The van der Waals surface area contributed by atoms with E-state index in [1.807, 2.05) is 0 Å². The van der Waals surface area contributed by atoms with Crippen molar-refractivity contribution in [2.45, 2.75) is 58.7 Å². The van der Waals surface area contributed by atoms with E-state index in [9.17, 15) is 0 Å². The Labute approximate surface area is 125 Å². The highest BCUT2D eigenvalue weighted by Crippen LogP contribution is 2.37. The summed E-state index contributed by atoms with van der Waals surface area (Å²) in [6, 6.07) is 1.75. The molecule has 2 heterocycles. The standard InChI is InChI=1S/C17H35N3/c1-11-9-19(5)13(3)7-15(11)17(18)16-8-14(4)20(6)10-12(16)2/h11-17H,7-10,18H2,1-6H3. The van der Waals surface area contributed by atoms with Crippen molar-refractivity contribution >= 4 is 0 Å². The molecule has 0 amide bonds. The molecule has 2 rings (SSSR count). The molecule has 118 valence electrons. The van der Waals surface area contributed by atoms with Crippen LogP contribution in [-0.4, -0.2) is 55.1 Å². The van der Waals surface area contributed by atoms with Crippen LogP contribution in [0.3, 0.4) is 0 Å². The maximum atomic E-state index is 6.78. The molecule has 0 aliphatic carbocycles. The Balaban J connectivity index is 2.04. The Morgan fingerprint density at radius 2 is 1.15 bits per heavy atom. The van der Waals surface area contributed by atoms with E-state index in [4.69, 9.17) is 5.73 Å². The summed E-state index contributed by atoms with van der Waals surface area (Å²) >= 11 is 0. The highest BCUT2D eigenvalue weighted by molar-refractivity contribution is 4.94. The molecule has 6 atom stereocenters. The van der Waals surface area contributed by atoms with Gasteiger partial charge in [0, 0.05) is 31.2 Å². The molecule has 3 nitrogen and oxygen atoms in total. The van der Waals surface area contributed by atoms with Crippen molar-refractivity contribution in [1.82, 2.24) is 9.80 Å². The van der Waals surface area contributed by atoms with Gasteiger partial charge in [-0.15, -0.1) is 0 Å². The van der Waals surface area contributed by atoms with E-state index in [1.165, 1.54) is 25.9 Å². The van der Waals surface area contributed by atoms with Crippen molar-refractivity contribution in [2.75, 3.05) is 27.2 Å². The lowest BCUT2D eigenvalue weighted by Gasteiger charge is -2.48. The minimum absolute atomic E-state index is 0.382. The van der Waals surface area contributed by atoms with Gasteiger partial charge in [0.2, 0.25) is 0 Å².